The molecule has 1 amide bonds. The van der Waals surface area contributed by atoms with Gasteiger partial charge in [0.25, 0.3) is 5.91 Å². The second kappa shape index (κ2) is 9.64. The van der Waals surface area contributed by atoms with Crippen LogP contribution >= 0.6 is 15.9 Å². The van der Waals surface area contributed by atoms with Crippen molar-refractivity contribution in [1.29, 1.82) is 0 Å². The Hall–Kier alpha value is -2.22. The Morgan fingerprint density at radius 3 is 2.70 bits per heavy atom. The van der Waals surface area contributed by atoms with Crippen LogP contribution < -0.4 is 15.1 Å². The number of halogens is 1. The molecular formula is C20H23BrN3O3+. The third-order valence-corrected chi connectivity index (χ3v) is 4.96. The molecule has 3 rings (SSSR count). The Balaban J connectivity index is 1.65. The van der Waals surface area contributed by atoms with Crippen LogP contribution in [0.4, 0.5) is 0 Å². The normalized spacial score (nSPS) is 15.0. The SMILES string of the molecule is COc1ccc(/C=N\NC(=O)c2ccc(Br)cc2)cc1C[NH+]1CCOCC1. The summed E-state index contributed by atoms with van der Waals surface area (Å²) in [5.74, 6) is 0.621. The number of quaternary nitrogens is 1. The first-order valence-corrected chi connectivity index (χ1v) is 9.62. The predicted octanol–water partition coefficient (Wildman–Crippen LogP) is 1.64. The van der Waals surface area contributed by atoms with Gasteiger partial charge in [-0.05, 0) is 48.0 Å². The lowest BCUT2D eigenvalue weighted by molar-refractivity contribution is -0.921. The number of carbonyl (C=O) groups is 1. The molecule has 1 fully saturated rings. The lowest BCUT2D eigenvalue weighted by Crippen LogP contribution is -3.12. The smallest absolute Gasteiger partial charge is 0.271 e. The molecule has 0 radical (unpaired) electrons. The molecule has 0 bridgehead atoms. The van der Waals surface area contributed by atoms with Crippen molar-refractivity contribution in [3.63, 3.8) is 0 Å². The summed E-state index contributed by atoms with van der Waals surface area (Å²) in [5, 5.41) is 4.08. The van der Waals surface area contributed by atoms with Crippen LogP contribution in [0.1, 0.15) is 21.5 Å². The van der Waals surface area contributed by atoms with Crippen molar-refractivity contribution in [2.45, 2.75) is 6.54 Å². The standard InChI is InChI=1S/C20H22BrN3O3/c1-26-19-7-2-15(12-17(19)14-24-8-10-27-11-9-24)13-22-23-20(25)16-3-5-18(21)6-4-16/h2-7,12-13H,8-11,14H2,1H3,(H,23,25)/p+1/b22-13-. The molecule has 0 saturated carbocycles. The minimum Gasteiger partial charge on any atom is -0.496 e. The van der Waals surface area contributed by atoms with E-state index >= 15 is 0 Å². The highest BCUT2D eigenvalue weighted by molar-refractivity contribution is 9.10. The largest absolute Gasteiger partial charge is 0.496 e. The van der Waals surface area contributed by atoms with Gasteiger partial charge in [-0.2, -0.15) is 5.10 Å². The summed E-state index contributed by atoms with van der Waals surface area (Å²) in [4.78, 5) is 13.6. The Morgan fingerprint density at radius 1 is 1.26 bits per heavy atom. The van der Waals surface area contributed by atoms with Crippen LogP contribution in [0.2, 0.25) is 0 Å². The molecule has 27 heavy (non-hydrogen) atoms. The summed E-state index contributed by atoms with van der Waals surface area (Å²) >= 11 is 3.35. The molecule has 0 aromatic heterocycles. The van der Waals surface area contributed by atoms with Crippen molar-refractivity contribution < 1.29 is 19.2 Å². The van der Waals surface area contributed by atoms with Gasteiger partial charge in [-0.25, -0.2) is 5.43 Å². The summed E-state index contributed by atoms with van der Waals surface area (Å²) in [7, 11) is 1.68. The molecule has 1 saturated heterocycles. The van der Waals surface area contributed by atoms with Crippen LogP contribution in [0, 0.1) is 0 Å². The van der Waals surface area contributed by atoms with Crippen molar-refractivity contribution in [2.75, 3.05) is 33.4 Å². The molecule has 6 nitrogen and oxygen atoms in total. The zero-order valence-electron chi connectivity index (χ0n) is 15.2. The second-order valence-corrected chi connectivity index (χ2v) is 7.23. The van der Waals surface area contributed by atoms with Crippen molar-refractivity contribution >= 4 is 28.1 Å². The monoisotopic (exact) mass is 432 g/mol. The van der Waals surface area contributed by atoms with Gasteiger partial charge in [-0.3, -0.25) is 4.79 Å². The van der Waals surface area contributed by atoms with E-state index in [0.717, 1.165) is 54.2 Å². The van der Waals surface area contributed by atoms with Crippen LogP contribution in [0.3, 0.4) is 0 Å². The summed E-state index contributed by atoms with van der Waals surface area (Å²) in [5.41, 5.74) is 5.15. The van der Waals surface area contributed by atoms with E-state index in [1.807, 2.05) is 24.3 Å². The second-order valence-electron chi connectivity index (χ2n) is 6.32. The summed E-state index contributed by atoms with van der Waals surface area (Å²) in [6.45, 7) is 4.44. The first-order chi connectivity index (χ1) is 13.2. The van der Waals surface area contributed by atoms with E-state index in [4.69, 9.17) is 9.47 Å². The topological polar surface area (TPSA) is 64.4 Å². The van der Waals surface area contributed by atoms with Crippen molar-refractivity contribution in [1.82, 2.24) is 5.43 Å². The third kappa shape index (κ3) is 5.63. The number of hydrazone groups is 1. The fourth-order valence-electron chi connectivity index (χ4n) is 2.95. The van der Waals surface area contributed by atoms with Gasteiger partial charge >= 0.3 is 0 Å². The van der Waals surface area contributed by atoms with Crippen LogP contribution in [-0.2, 0) is 11.3 Å². The van der Waals surface area contributed by atoms with Gasteiger partial charge in [0.2, 0.25) is 0 Å². The average molecular weight is 433 g/mol. The summed E-state index contributed by atoms with van der Waals surface area (Å²) < 4.78 is 11.8. The molecule has 0 aliphatic carbocycles. The molecular weight excluding hydrogens is 410 g/mol. The highest BCUT2D eigenvalue weighted by atomic mass is 79.9. The maximum atomic E-state index is 12.1. The highest BCUT2D eigenvalue weighted by Crippen LogP contribution is 2.18. The zero-order chi connectivity index (χ0) is 19.1. The van der Waals surface area contributed by atoms with E-state index in [-0.39, 0.29) is 5.91 Å². The quantitative estimate of drug-likeness (QED) is 0.538. The van der Waals surface area contributed by atoms with E-state index in [9.17, 15) is 4.79 Å². The minimum atomic E-state index is -0.245. The van der Waals surface area contributed by atoms with Crippen molar-refractivity contribution in [3.05, 3.63) is 63.6 Å². The van der Waals surface area contributed by atoms with Crippen LogP contribution in [-0.4, -0.2) is 45.5 Å². The number of carbonyl (C=O) groups excluding carboxylic acids is 1. The average Bonchev–Trinajstić information content (AvgIpc) is 2.69. The van der Waals surface area contributed by atoms with Gasteiger partial charge in [0, 0.05) is 15.6 Å². The molecule has 2 aromatic rings. The number of benzene rings is 2. The summed E-state index contributed by atoms with van der Waals surface area (Å²) in [6.07, 6.45) is 1.65. The van der Waals surface area contributed by atoms with Gasteiger partial charge < -0.3 is 14.4 Å². The van der Waals surface area contributed by atoms with Gasteiger partial charge in [-0.1, -0.05) is 15.9 Å². The maximum absolute atomic E-state index is 12.1. The fourth-order valence-corrected chi connectivity index (χ4v) is 3.22. The first-order valence-electron chi connectivity index (χ1n) is 8.83. The molecule has 142 valence electrons. The number of ether oxygens (including phenoxy) is 2. The van der Waals surface area contributed by atoms with Crippen molar-refractivity contribution in [3.8, 4) is 5.75 Å². The molecule has 7 heteroatoms. The third-order valence-electron chi connectivity index (χ3n) is 4.43. The van der Waals surface area contributed by atoms with Crippen LogP contribution in [0.25, 0.3) is 0 Å². The van der Waals surface area contributed by atoms with E-state index in [2.05, 4.69) is 32.5 Å². The number of nitrogens with zero attached hydrogens (tertiary/aromatic N) is 1. The van der Waals surface area contributed by atoms with Crippen molar-refractivity contribution in [2.24, 2.45) is 5.10 Å². The predicted molar refractivity (Wildman–Crippen MR) is 107 cm³/mol. The molecule has 1 aliphatic heterocycles. The maximum Gasteiger partial charge on any atom is 0.271 e. The van der Waals surface area contributed by atoms with Crippen LogP contribution in [0.5, 0.6) is 5.75 Å². The van der Waals surface area contributed by atoms with Gasteiger partial charge in [0.1, 0.15) is 25.4 Å². The lowest BCUT2D eigenvalue weighted by Gasteiger charge is -2.24. The Kier molecular flexibility index (Phi) is 6.98. The molecule has 2 aromatic carbocycles. The number of hydrogen-bond acceptors (Lipinski definition) is 4. The van der Waals surface area contributed by atoms with Gasteiger partial charge in [0.15, 0.2) is 0 Å². The van der Waals surface area contributed by atoms with Gasteiger partial charge in [0.05, 0.1) is 26.5 Å². The number of methoxy groups -OCH3 is 1. The van der Waals surface area contributed by atoms with E-state index in [1.54, 1.807) is 25.5 Å². The molecule has 1 aliphatic rings. The highest BCUT2D eigenvalue weighted by Gasteiger charge is 2.16. The molecule has 0 atom stereocenters. The molecule has 2 N–H and O–H groups in total. The number of hydrogen-bond donors (Lipinski definition) is 2. The summed E-state index contributed by atoms with van der Waals surface area (Å²) in [6, 6.07) is 13.0. The zero-order valence-corrected chi connectivity index (χ0v) is 16.8. The molecule has 0 spiro atoms. The number of amides is 1. The van der Waals surface area contributed by atoms with E-state index in [0.29, 0.717) is 5.56 Å². The Labute approximate surface area is 167 Å². The van der Waals surface area contributed by atoms with E-state index < -0.39 is 0 Å². The number of rotatable bonds is 6. The Morgan fingerprint density at radius 2 is 2.00 bits per heavy atom. The minimum absolute atomic E-state index is 0.245. The van der Waals surface area contributed by atoms with Gasteiger partial charge in [-0.15, -0.1) is 0 Å². The fraction of sp³-hybridized carbons (Fsp3) is 0.300. The Bertz CT molecular complexity index is 803. The molecule has 1 heterocycles. The van der Waals surface area contributed by atoms with E-state index in [1.165, 1.54) is 4.90 Å². The number of morpholine rings is 1. The first kappa shape index (κ1) is 19.5. The molecule has 0 unspecified atom stereocenters. The number of nitrogens with one attached hydrogen (secondary N) is 2. The lowest BCUT2D eigenvalue weighted by atomic mass is 10.1. The van der Waals surface area contributed by atoms with Crippen LogP contribution in [0.15, 0.2) is 52.0 Å².